The first-order valence-corrected chi connectivity index (χ1v) is 9.31. The van der Waals surface area contributed by atoms with Gasteiger partial charge >= 0.3 is 0 Å². The van der Waals surface area contributed by atoms with Gasteiger partial charge in [0.1, 0.15) is 0 Å². The van der Waals surface area contributed by atoms with E-state index in [0.29, 0.717) is 13.1 Å². The Morgan fingerprint density at radius 3 is 2.14 bits per heavy atom. The van der Waals surface area contributed by atoms with Gasteiger partial charge in [-0.25, -0.2) is 0 Å². The Balaban J connectivity index is 1.94. The van der Waals surface area contributed by atoms with Crippen molar-refractivity contribution >= 4 is 5.91 Å². The van der Waals surface area contributed by atoms with E-state index in [2.05, 4.69) is 5.10 Å². The second-order valence-electron chi connectivity index (χ2n) is 6.86. The van der Waals surface area contributed by atoms with Crippen LogP contribution in [-0.4, -0.2) is 38.8 Å². The maximum absolute atomic E-state index is 12.8. The third-order valence-electron chi connectivity index (χ3n) is 5.28. The van der Waals surface area contributed by atoms with Gasteiger partial charge in [-0.2, -0.15) is 5.10 Å². The molecule has 0 unspecified atom stereocenters. The second-order valence-corrected chi connectivity index (χ2v) is 6.86. The maximum atomic E-state index is 12.8. The number of aromatic nitrogens is 2. The van der Waals surface area contributed by atoms with Crippen LogP contribution in [0.5, 0.6) is 5.75 Å². The molecule has 1 N–H and O–H groups in total. The highest BCUT2D eigenvalue weighted by atomic mass is 16.3. The van der Waals surface area contributed by atoms with Crippen molar-refractivity contribution in [2.75, 3.05) is 13.1 Å². The van der Waals surface area contributed by atoms with Crippen LogP contribution in [0, 0.1) is 0 Å². The van der Waals surface area contributed by atoms with Crippen LogP contribution in [0.3, 0.4) is 0 Å². The van der Waals surface area contributed by atoms with Crippen molar-refractivity contribution in [1.82, 2.24) is 14.7 Å². The lowest BCUT2D eigenvalue weighted by molar-refractivity contribution is 0.0646. The molecule has 3 aromatic rings. The SMILES string of the molecule is CCN1C[C@@H](C(c2ccccc2)c2ccccc2)n2ncc(=O)c(O)c2C1=O. The van der Waals surface area contributed by atoms with Crippen LogP contribution in [0.15, 0.2) is 71.7 Å². The largest absolute Gasteiger partial charge is 0.502 e. The van der Waals surface area contributed by atoms with Crippen LogP contribution in [0.1, 0.15) is 40.5 Å². The Morgan fingerprint density at radius 2 is 1.61 bits per heavy atom. The lowest BCUT2D eigenvalue weighted by Gasteiger charge is -2.38. The number of fused-ring (bicyclic) bond motifs is 1. The molecule has 0 fully saturated rings. The lowest BCUT2D eigenvalue weighted by Crippen LogP contribution is -2.46. The standard InChI is InChI=1S/C22H21N3O3/c1-2-24-14-17(25-20(22(24)28)21(27)18(26)13-23-25)19(15-9-5-3-6-10-15)16-11-7-4-8-12-16/h3-13,17,19,27H,2,14H2,1H3/t17-/m0/s1. The Morgan fingerprint density at radius 1 is 1.04 bits per heavy atom. The monoisotopic (exact) mass is 375 g/mol. The highest BCUT2D eigenvalue weighted by Gasteiger charge is 2.38. The summed E-state index contributed by atoms with van der Waals surface area (Å²) < 4.78 is 1.52. The van der Waals surface area contributed by atoms with Crippen molar-refractivity contribution in [2.24, 2.45) is 0 Å². The molecule has 6 nitrogen and oxygen atoms in total. The summed E-state index contributed by atoms with van der Waals surface area (Å²) in [5.74, 6) is -1.01. The molecule has 0 radical (unpaired) electrons. The van der Waals surface area contributed by atoms with Crippen LogP contribution >= 0.6 is 0 Å². The molecule has 2 heterocycles. The van der Waals surface area contributed by atoms with E-state index in [9.17, 15) is 14.7 Å². The predicted octanol–water partition coefficient (Wildman–Crippen LogP) is 2.80. The topological polar surface area (TPSA) is 75.4 Å². The third-order valence-corrected chi connectivity index (χ3v) is 5.28. The first kappa shape index (κ1) is 18.0. The average Bonchev–Trinajstić information content (AvgIpc) is 2.73. The fraction of sp³-hybridized carbons (Fsp3) is 0.227. The second kappa shape index (κ2) is 7.31. The zero-order valence-corrected chi connectivity index (χ0v) is 15.5. The normalized spacial score (nSPS) is 16.3. The quantitative estimate of drug-likeness (QED) is 0.761. The molecule has 142 valence electrons. The number of hydrogen-bond donors (Lipinski definition) is 1. The zero-order valence-electron chi connectivity index (χ0n) is 15.5. The van der Waals surface area contributed by atoms with Gasteiger partial charge in [0.05, 0.1) is 12.2 Å². The molecular formula is C22H21N3O3. The van der Waals surface area contributed by atoms with Gasteiger partial charge in [0.25, 0.3) is 5.91 Å². The van der Waals surface area contributed by atoms with Crippen molar-refractivity contribution in [3.05, 3.63) is 93.9 Å². The van der Waals surface area contributed by atoms with Crippen LogP contribution in [0.4, 0.5) is 0 Å². The van der Waals surface area contributed by atoms with E-state index in [1.54, 1.807) is 4.90 Å². The number of carbonyl (C=O) groups excluding carboxylic acids is 1. The summed E-state index contributed by atoms with van der Waals surface area (Å²) in [4.78, 5) is 26.4. The van der Waals surface area contributed by atoms with Crippen LogP contribution in [0.2, 0.25) is 0 Å². The van der Waals surface area contributed by atoms with E-state index < -0.39 is 11.2 Å². The number of amides is 1. The summed E-state index contributed by atoms with van der Waals surface area (Å²) in [5.41, 5.74) is 1.47. The number of carbonyl (C=O) groups is 1. The summed E-state index contributed by atoms with van der Waals surface area (Å²) in [6, 6.07) is 19.8. The van der Waals surface area contributed by atoms with Crippen molar-refractivity contribution in [2.45, 2.75) is 18.9 Å². The van der Waals surface area contributed by atoms with E-state index in [4.69, 9.17) is 0 Å². The van der Waals surface area contributed by atoms with E-state index in [1.807, 2.05) is 67.6 Å². The summed E-state index contributed by atoms with van der Waals surface area (Å²) in [6.45, 7) is 2.80. The minimum Gasteiger partial charge on any atom is -0.502 e. The highest BCUT2D eigenvalue weighted by Crippen LogP contribution is 2.39. The minimum absolute atomic E-state index is 0.0394. The predicted molar refractivity (Wildman–Crippen MR) is 106 cm³/mol. The molecule has 28 heavy (non-hydrogen) atoms. The molecule has 1 aliphatic rings. The Kier molecular flexibility index (Phi) is 4.69. The van der Waals surface area contributed by atoms with Gasteiger partial charge in [-0.3, -0.25) is 14.3 Å². The molecule has 1 aliphatic heterocycles. The van der Waals surface area contributed by atoms with Gasteiger partial charge in [0.2, 0.25) is 5.43 Å². The molecule has 0 aliphatic carbocycles. The van der Waals surface area contributed by atoms with Gasteiger partial charge in [0.15, 0.2) is 11.4 Å². The van der Waals surface area contributed by atoms with Crippen molar-refractivity contribution in [1.29, 1.82) is 0 Å². The van der Waals surface area contributed by atoms with Crippen LogP contribution < -0.4 is 5.43 Å². The fourth-order valence-electron chi connectivity index (χ4n) is 3.92. The zero-order chi connectivity index (χ0) is 19.7. The fourth-order valence-corrected chi connectivity index (χ4v) is 3.92. The summed E-state index contributed by atoms with van der Waals surface area (Å²) in [7, 11) is 0. The van der Waals surface area contributed by atoms with Gasteiger partial charge in [-0.1, -0.05) is 60.7 Å². The van der Waals surface area contributed by atoms with Crippen LogP contribution in [0.25, 0.3) is 0 Å². The number of aromatic hydroxyl groups is 1. The first-order valence-electron chi connectivity index (χ1n) is 9.31. The number of benzene rings is 2. The molecule has 0 saturated carbocycles. The molecule has 6 heteroatoms. The van der Waals surface area contributed by atoms with E-state index in [0.717, 1.165) is 17.3 Å². The minimum atomic E-state index is -0.646. The Labute approximate surface area is 162 Å². The van der Waals surface area contributed by atoms with E-state index in [-0.39, 0.29) is 23.6 Å². The van der Waals surface area contributed by atoms with Crippen molar-refractivity contribution < 1.29 is 9.90 Å². The van der Waals surface area contributed by atoms with Crippen molar-refractivity contribution in [3.8, 4) is 5.75 Å². The molecule has 0 spiro atoms. The van der Waals surface area contributed by atoms with Gasteiger partial charge < -0.3 is 10.0 Å². The van der Waals surface area contributed by atoms with Gasteiger partial charge in [0, 0.05) is 19.0 Å². The third kappa shape index (κ3) is 2.97. The molecule has 1 amide bonds. The molecule has 2 aromatic carbocycles. The van der Waals surface area contributed by atoms with E-state index >= 15 is 0 Å². The molecule has 1 atom stereocenters. The summed E-state index contributed by atoms with van der Waals surface area (Å²) in [5, 5.41) is 14.6. The number of nitrogens with zero attached hydrogens (tertiary/aromatic N) is 3. The number of likely N-dealkylation sites (N-methyl/N-ethyl adjacent to an activating group) is 1. The number of rotatable bonds is 4. The molecular weight excluding hydrogens is 354 g/mol. The summed E-state index contributed by atoms with van der Waals surface area (Å²) >= 11 is 0. The van der Waals surface area contributed by atoms with Gasteiger partial charge in [-0.15, -0.1) is 0 Å². The summed E-state index contributed by atoms with van der Waals surface area (Å²) in [6.07, 6.45) is 1.08. The maximum Gasteiger partial charge on any atom is 0.276 e. The van der Waals surface area contributed by atoms with Gasteiger partial charge in [-0.05, 0) is 18.1 Å². The molecule has 4 rings (SSSR count). The molecule has 0 saturated heterocycles. The first-order chi connectivity index (χ1) is 13.6. The highest BCUT2D eigenvalue weighted by molar-refractivity contribution is 5.95. The Bertz CT molecular complexity index is 1010. The average molecular weight is 375 g/mol. The van der Waals surface area contributed by atoms with E-state index in [1.165, 1.54) is 4.68 Å². The Hall–Kier alpha value is -3.41. The number of hydrogen-bond acceptors (Lipinski definition) is 4. The van der Waals surface area contributed by atoms with Crippen LogP contribution in [-0.2, 0) is 0 Å². The van der Waals surface area contributed by atoms with Crippen molar-refractivity contribution in [3.63, 3.8) is 0 Å². The molecule has 1 aromatic heterocycles. The smallest absolute Gasteiger partial charge is 0.276 e. The lowest BCUT2D eigenvalue weighted by atomic mass is 9.83. The molecule has 0 bridgehead atoms.